The van der Waals surface area contributed by atoms with Gasteiger partial charge < -0.3 is 4.90 Å². The quantitative estimate of drug-likeness (QED) is 0.689. The molecule has 0 bridgehead atoms. The molecule has 0 saturated carbocycles. The van der Waals surface area contributed by atoms with Crippen LogP contribution in [0.15, 0.2) is 18.2 Å². The van der Waals surface area contributed by atoms with Crippen LogP contribution in [0, 0.1) is 6.92 Å². The molecule has 1 aromatic rings. The molecule has 1 aromatic carbocycles. The van der Waals surface area contributed by atoms with Crippen LogP contribution in [0.5, 0.6) is 0 Å². The molecular weight excluding hydrogens is 186 g/mol. The maximum absolute atomic E-state index is 10.9. The van der Waals surface area contributed by atoms with Crippen LogP contribution in [0.3, 0.4) is 0 Å². The van der Waals surface area contributed by atoms with Crippen molar-refractivity contribution < 1.29 is 4.79 Å². The normalized spacial score (nSPS) is 10.7. The average molecular weight is 205 g/mol. The van der Waals surface area contributed by atoms with Crippen molar-refractivity contribution in [3.63, 3.8) is 0 Å². The van der Waals surface area contributed by atoms with Crippen molar-refractivity contribution in [2.75, 3.05) is 13.6 Å². The van der Waals surface area contributed by atoms with E-state index in [1.807, 2.05) is 19.1 Å². The third kappa shape index (κ3) is 3.48. The molecule has 0 aliphatic rings. The second kappa shape index (κ2) is 5.66. The first-order chi connectivity index (χ1) is 7.17. The Morgan fingerprint density at radius 1 is 1.40 bits per heavy atom. The van der Waals surface area contributed by atoms with Gasteiger partial charge in [0.15, 0.2) is 0 Å². The van der Waals surface area contributed by atoms with E-state index in [1.165, 1.54) is 0 Å². The SMILES string of the molecule is CCCN(C)Cc1ccc(C)cc1C=O. The number of aryl methyl sites for hydroxylation is 1. The summed E-state index contributed by atoms with van der Waals surface area (Å²) >= 11 is 0. The maximum atomic E-state index is 10.9. The fourth-order valence-corrected chi connectivity index (χ4v) is 1.72. The van der Waals surface area contributed by atoms with Crippen LogP contribution in [-0.4, -0.2) is 24.8 Å². The minimum Gasteiger partial charge on any atom is -0.302 e. The van der Waals surface area contributed by atoms with Gasteiger partial charge in [0.1, 0.15) is 6.29 Å². The number of benzene rings is 1. The van der Waals surface area contributed by atoms with Crippen LogP contribution < -0.4 is 0 Å². The van der Waals surface area contributed by atoms with Crippen molar-refractivity contribution >= 4 is 6.29 Å². The molecule has 0 radical (unpaired) electrons. The second-order valence-electron chi connectivity index (χ2n) is 4.06. The molecule has 0 heterocycles. The molecule has 2 heteroatoms. The van der Waals surface area contributed by atoms with Crippen LogP contribution in [0.2, 0.25) is 0 Å². The first-order valence-electron chi connectivity index (χ1n) is 5.40. The first-order valence-corrected chi connectivity index (χ1v) is 5.40. The van der Waals surface area contributed by atoms with E-state index in [4.69, 9.17) is 0 Å². The van der Waals surface area contributed by atoms with Crippen LogP contribution in [-0.2, 0) is 6.54 Å². The van der Waals surface area contributed by atoms with Gasteiger partial charge in [-0.2, -0.15) is 0 Å². The number of rotatable bonds is 5. The van der Waals surface area contributed by atoms with Crippen molar-refractivity contribution in [2.24, 2.45) is 0 Å². The van der Waals surface area contributed by atoms with E-state index in [0.29, 0.717) is 0 Å². The van der Waals surface area contributed by atoms with Gasteiger partial charge in [0.2, 0.25) is 0 Å². The summed E-state index contributed by atoms with van der Waals surface area (Å²) in [5, 5.41) is 0. The smallest absolute Gasteiger partial charge is 0.150 e. The van der Waals surface area contributed by atoms with E-state index in [-0.39, 0.29) is 0 Å². The third-order valence-electron chi connectivity index (χ3n) is 2.47. The summed E-state index contributed by atoms with van der Waals surface area (Å²) in [6.45, 7) is 6.08. The Morgan fingerprint density at radius 2 is 2.13 bits per heavy atom. The lowest BCUT2D eigenvalue weighted by molar-refractivity contribution is 0.112. The molecule has 1 rings (SSSR count). The highest BCUT2D eigenvalue weighted by molar-refractivity contribution is 5.77. The molecular formula is C13H19NO. The van der Waals surface area contributed by atoms with Gasteiger partial charge in [0, 0.05) is 12.1 Å². The van der Waals surface area contributed by atoms with Gasteiger partial charge >= 0.3 is 0 Å². The highest BCUT2D eigenvalue weighted by atomic mass is 16.1. The summed E-state index contributed by atoms with van der Waals surface area (Å²) in [5.41, 5.74) is 3.07. The Bertz CT molecular complexity index is 333. The van der Waals surface area contributed by atoms with Crippen molar-refractivity contribution in [1.29, 1.82) is 0 Å². The van der Waals surface area contributed by atoms with Crippen LogP contribution >= 0.6 is 0 Å². The van der Waals surface area contributed by atoms with E-state index in [9.17, 15) is 4.79 Å². The standard InChI is InChI=1S/C13H19NO/c1-4-7-14(3)9-12-6-5-11(2)8-13(12)10-15/h5-6,8,10H,4,7,9H2,1-3H3. The van der Waals surface area contributed by atoms with E-state index >= 15 is 0 Å². The number of carbonyl (C=O) groups excluding carboxylic acids is 1. The molecule has 0 aliphatic carbocycles. The predicted octanol–water partition coefficient (Wildman–Crippen LogP) is 2.65. The Kier molecular flexibility index (Phi) is 4.50. The topological polar surface area (TPSA) is 20.3 Å². The fourth-order valence-electron chi connectivity index (χ4n) is 1.72. The van der Waals surface area contributed by atoms with Crippen molar-refractivity contribution in [3.8, 4) is 0 Å². The molecule has 0 amide bonds. The van der Waals surface area contributed by atoms with E-state index in [2.05, 4.69) is 24.9 Å². The molecule has 0 aromatic heterocycles. The lowest BCUT2D eigenvalue weighted by Gasteiger charge is -2.16. The zero-order chi connectivity index (χ0) is 11.3. The zero-order valence-electron chi connectivity index (χ0n) is 9.79. The summed E-state index contributed by atoms with van der Waals surface area (Å²) in [6.07, 6.45) is 2.08. The predicted molar refractivity (Wildman–Crippen MR) is 63.2 cm³/mol. The maximum Gasteiger partial charge on any atom is 0.150 e. The lowest BCUT2D eigenvalue weighted by Crippen LogP contribution is -2.19. The monoisotopic (exact) mass is 205 g/mol. The number of nitrogens with zero attached hydrogens (tertiary/aromatic N) is 1. The molecule has 2 nitrogen and oxygen atoms in total. The van der Waals surface area contributed by atoms with Gasteiger partial charge in [0.05, 0.1) is 0 Å². The minimum absolute atomic E-state index is 0.818. The van der Waals surface area contributed by atoms with E-state index in [1.54, 1.807) is 0 Å². The molecule has 0 saturated heterocycles. The van der Waals surface area contributed by atoms with E-state index < -0.39 is 0 Å². The molecule has 0 N–H and O–H groups in total. The van der Waals surface area contributed by atoms with Crippen molar-refractivity contribution in [2.45, 2.75) is 26.8 Å². The minimum atomic E-state index is 0.818. The van der Waals surface area contributed by atoms with Gasteiger partial charge in [0.25, 0.3) is 0 Å². The highest BCUT2D eigenvalue weighted by Crippen LogP contribution is 2.11. The highest BCUT2D eigenvalue weighted by Gasteiger charge is 2.04. The number of carbonyl (C=O) groups is 1. The summed E-state index contributed by atoms with van der Waals surface area (Å²) in [4.78, 5) is 13.1. The van der Waals surface area contributed by atoms with Crippen LogP contribution in [0.1, 0.15) is 34.8 Å². The lowest BCUT2D eigenvalue weighted by atomic mass is 10.1. The zero-order valence-corrected chi connectivity index (χ0v) is 9.79. The summed E-state index contributed by atoms with van der Waals surface area (Å²) in [7, 11) is 2.08. The van der Waals surface area contributed by atoms with Crippen LogP contribution in [0.25, 0.3) is 0 Å². The summed E-state index contributed by atoms with van der Waals surface area (Å²) in [5.74, 6) is 0. The fraction of sp³-hybridized carbons (Fsp3) is 0.462. The Balaban J connectivity index is 2.80. The number of hydrogen-bond donors (Lipinski definition) is 0. The summed E-state index contributed by atoms with van der Waals surface area (Å²) < 4.78 is 0. The van der Waals surface area contributed by atoms with E-state index in [0.717, 1.165) is 42.5 Å². The Hall–Kier alpha value is -1.15. The molecule has 0 unspecified atom stereocenters. The average Bonchev–Trinajstić information content (AvgIpc) is 2.21. The van der Waals surface area contributed by atoms with Crippen molar-refractivity contribution in [1.82, 2.24) is 4.90 Å². The largest absolute Gasteiger partial charge is 0.302 e. The molecule has 15 heavy (non-hydrogen) atoms. The van der Waals surface area contributed by atoms with Crippen molar-refractivity contribution in [3.05, 3.63) is 34.9 Å². The molecule has 0 aliphatic heterocycles. The van der Waals surface area contributed by atoms with Gasteiger partial charge in [-0.25, -0.2) is 0 Å². The Labute approximate surface area is 91.9 Å². The summed E-state index contributed by atoms with van der Waals surface area (Å²) in [6, 6.07) is 6.05. The number of hydrogen-bond acceptors (Lipinski definition) is 2. The van der Waals surface area contributed by atoms with Gasteiger partial charge in [-0.1, -0.05) is 24.6 Å². The molecule has 82 valence electrons. The van der Waals surface area contributed by atoms with Gasteiger partial charge in [-0.15, -0.1) is 0 Å². The van der Waals surface area contributed by atoms with Crippen LogP contribution in [0.4, 0.5) is 0 Å². The first kappa shape index (κ1) is 11.9. The Morgan fingerprint density at radius 3 is 2.73 bits per heavy atom. The number of aldehydes is 1. The van der Waals surface area contributed by atoms with Gasteiger partial charge in [-0.3, -0.25) is 4.79 Å². The molecule has 0 fully saturated rings. The van der Waals surface area contributed by atoms with Gasteiger partial charge in [-0.05, 0) is 38.6 Å². The molecule has 0 spiro atoms. The molecule has 0 atom stereocenters. The third-order valence-corrected chi connectivity index (χ3v) is 2.47. The second-order valence-corrected chi connectivity index (χ2v) is 4.06.